The van der Waals surface area contributed by atoms with Gasteiger partial charge >= 0.3 is 0 Å². The van der Waals surface area contributed by atoms with Crippen molar-refractivity contribution in [2.24, 2.45) is 0 Å². The number of rotatable bonds is 4. The Bertz CT molecular complexity index is 395. The summed E-state index contributed by atoms with van der Waals surface area (Å²) in [5, 5.41) is 3.47. The SMILES string of the molecule is C#CCC(C)NC(C)c1ccc(Br)cc1Br. The minimum Gasteiger partial charge on any atom is -0.307 e. The highest BCUT2D eigenvalue weighted by molar-refractivity contribution is 9.11. The van der Waals surface area contributed by atoms with Crippen LogP contribution < -0.4 is 5.32 Å². The third-order valence-corrected chi connectivity index (χ3v) is 3.57. The summed E-state index contributed by atoms with van der Waals surface area (Å²) in [6.45, 7) is 4.24. The first-order chi connectivity index (χ1) is 7.54. The smallest absolute Gasteiger partial charge is 0.0305 e. The molecular weight excluding hydrogens is 330 g/mol. The maximum Gasteiger partial charge on any atom is 0.0305 e. The molecule has 3 heteroatoms. The van der Waals surface area contributed by atoms with E-state index in [4.69, 9.17) is 6.42 Å². The largest absolute Gasteiger partial charge is 0.307 e. The van der Waals surface area contributed by atoms with E-state index in [2.05, 4.69) is 69.1 Å². The minimum atomic E-state index is 0.283. The fourth-order valence-electron chi connectivity index (χ4n) is 1.60. The Kier molecular flexibility index (Phi) is 5.54. The fraction of sp³-hybridized carbons (Fsp3) is 0.385. The summed E-state index contributed by atoms with van der Waals surface area (Å²) >= 11 is 7.01. The molecule has 2 atom stereocenters. The van der Waals surface area contributed by atoms with Crippen LogP contribution in [0.25, 0.3) is 0 Å². The summed E-state index contributed by atoms with van der Waals surface area (Å²) in [4.78, 5) is 0. The van der Waals surface area contributed by atoms with Crippen molar-refractivity contribution in [2.45, 2.75) is 32.4 Å². The van der Waals surface area contributed by atoms with Gasteiger partial charge in [0.25, 0.3) is 0 Å². The number of hydrogen-bond acceptors (Lipinski definition) is 1. The van der Waals surface area contributed by atoms with Crippen LogP contribution in [-0.4, -0.2) is 6.04 Å². The Labute approximate surface area is 114 Å². The molecule has 0 saturated heterocycles. The van der Waals surface area contributed by atoms with E-state index in [-0.39, 0.29) is 6.04 Å². The van der Waals surface area contributed by atoms with E-state index in [1.165, 1.54) is 5.56 Å². The van der Waals surface area contributed by atoms with E-state index >= 15 is 0 Å². The van der Waals surface area contributed by atoms with Crippen LogP contribution in [0.15, 0.2) is 27.1 Å². The van der Waals surface area contributed by atoms with Crippen molar-refractivity contribution in [3.8, 4) is 12.3 Å². The van der Waals surface area contributed by atoms with Crippen LogP contribution in [0, 0.1) is 12.3 Å². The van der Waals surface area contributed by atoms with E-state index in [0.717, 1.165) is 15.4 Å². The summed E-state index contributed by atoms with van der Waals surface area (Å²) in [5.41, 5.74) is 1.24. The van der Waals surface area contributed by atoms with Crippen LogP contribution in [0.5, 0.6) is 0 Å². The monoisotopic (exact) mass is 343 g/mol. The van der Waals surface area contributed by atoms with Crippen LogP contribution in [-0.2, 0) is 0 Å². The molecule has 0 spiro atoms. The standard InChI is InChI=1S/C13H15Br2N/c1-4-5-9(2)16-10(3)12-7-6-11(14)8-13(12)15/h1,6-10,16H,5H2,2-3H3. The molecule has 2 unspecified atom stereocenters. The zero-order valence-electron chi connectivity index (χ0n) is 9.43. The van der Waals surface area contributed by atoms with Gasteiger partial charge in [-0.1, -0.05) is 37.9 Å². The summed E-state index contributed by atoms with van der Waals surface area (Å²) in [7, 11) is 0. The lowest BCUT2D eigenvalue weighted by molar-refractivity contribution is 0.485. The topological polar surface area (TPSA) is 12.0 Å². The van der Waals surface area contributed by atoms with Gasteiger partial charge in [-0.25, -0.2) is 0 Å². The van der Waals surface area contributed by atoms with Crippen molar-refractivity contribution in [1.29, 1.82) is 0 Å². The summed E-state index contributed by atoms with van der Waals surface area (Å²) in [6.07, 6.45) is 6.04. The van der Waals surface area contributed by atoms with Crippen molar-refractivity contribution >= 4 is 31.9 Å². The lowest BCUT2D eigenvalue weighted by Crippen LogP contribution is -2.28. The molecule has 0 aliphatic heterocycles. The molecule has 0 aliphatic carbocycles. The molecule has 1 aromatic rings. The van der Waals surface area contributed by atoms with Crippen molar-refractivity contribution in [3.63, 3.8) is 0 Å². The van der Waals surface area contributed by atoms with Gasteiger partial charge in [0.2, 0.25) is 0 Å². The number of hydrogen-bond donors (Lipinski definition) is 1. The van der Waals surface area contributed by atoms with Crippen molar-refractivity contribution in [2.75, 3.05) is 0 Å². The molecule has 0 aromatic heterocycles. The number of halogens is 2. The highest BCUT2D eigenvalue weighted by atomic mass is 79.9. The first kappa shape index (κ1) is 13.8. The quantitative estimate of drug-likeness (QED) is 0.804. The number of benzene rings is 1. The maximum absolute atomic E-state index is 5.29. The predicted octanol–water partition coefficient (Wildman–Crippen LogP) is 4.27. The molecule has 86 valence electrons. The van der Waals surface area contributed by atoms with Crippen LogP contribution in [0.2, 0.25) is 0 Å². The average molecular weight is 345 g/mol. The van der Waals surface area contributed by atoms with Gasteiger partial charge in [-0.15, -0.1) is 12.3 Å². The van der Waals surface area contributed by atoms with Crippen molar-refractivity contribution < 1.29 is 0 Å². The van der Waals surface area contributed by atoms with E-state index in [1.807, 2.05) is 6.07 Å². The summed E-state index contributed by atoms with van der Waals surface area (Å²) < 4.78 is 2.18. The normalized spacial score (nSPS) is 14.2. The van der Waals surface area contributed by atoms with E-state index < -0.39 is 0 Å². The van der Waals surface area contributed by atoms with E-state index in [1.54, 1.807) is 0 Å². The third kappa shape index (κ3) is 3.93. The molecule has 1 nitrogen and oxygen atoms in total. The minimum absolute atomic E-state index is 0.283. The van der Waals surface area contributed by atoms with E-state index in [9.17, 15) is 0 Å². The molecule has 1 aromatic carbocycles. The number of terminal acetylenes is 1. The predicted molar refractivity (Wildman–Crippen MR) is 76.3 cm³/mol. The highest BCUT2D eigenvalue weighted by Crippen LogP contribution is 2.27. The second-order valence-electron chi connectivity index (χ2n) is 3.86. The molecule has 0 heterocycles. The van der Waals surface area contributed by atoms with Gasteiger partial charge < -0.3 is 5.32 Å². The Morgan fingerprint density at radius 3 is 2.62 bits per heavy atom. The molecular formula is C13H15Br2N. The van der Waals surface area contributed by atoms with Gasteiger partial charge in [-0.3, -0.25) is 0 Å². The molecule has 0 bridgehead atoms. The zero-order chi connectivity index (χ0) is 12.1. The Morgan fingerprint density at radius 2 is 2.06 bits per heavy atom. The zero-order valence-corrected chi connectivity index (χ0v) is 12.6. The molecule has 1 N–H and O–H groups in total. The molecule has 0 fully saturated rings. The van der Waals surface area contributed by atoms with Crippen molar-refractivity contribution in [3.05, 3.63) is 32.7 Å². The molecule has 0 amide bonds. The van der Waals surface area contributed by atoms with Crippen molar-refractivity contribution in [1.82, 2.24) is 5.32 Å². The Morgan fingerprint density at radius 1 is 1.38 bits per heavy atom. The highest BCUT2D eigenvalue weighted by Gasteiger charge is 2.11. The van der Waals surface area contributed by atoms with Crippen LogP contribution in [0.4, 0.5) is 0 Å². The van der Waals surface area contributed by atoms with Gasteiger partial charge in [-0.05, 0) is 31.5 Å². The summed E-state index contributed by atoms with van der Waals surface area (Å²) in [5.74, 6) is 2.67. The van der Waals surface area contributed by atoms with Gasteiger partial charge in [0, 0.05) is 27.4 Å². The third-order valence-electron chi connectivity index (χ3n) is 2.39. The van der Waals surface area contributed by atoms with Gasteiger partial charge in [0.15, 0.2) is 0 Å². The average Bonchev–Trinajstić information content (AvgIpc) is 2.17. The molecule has 16 heavy (non-hydrogen) atoms. The first-order valence-corrected chi connectivity index (χ1v) is 6.77. The maximum atomic E-state index is 5.29. The first-order valence-electron chi connectivity index (χ1n) is 5.19. The van der Waals surface area contributed by atoms with Crippen LogP contribution in [0.1, 0.15) is 31.9 Å². The lowest BCUT2D eigenvalue weighted by Gasteiger charge is -2.20. The van der Waals surface area contributed by atoms with Crippen LogP contribution in [0.3, 0.4) is 0 Å². The molecule has 0 aliphatic rings. The van der Waals surface area contributed by atoms with E-state index in [0.29, 0.717) is 6.04 Å². The van der Waals surface area contributed by atoms with Gasteiger partial charge in [0.1, 0.15) is 0 Å². The lowest BCUT2D eigenvalue weighted by atomic mass is 10.1. The van der Waals surface area contributed by atoms with Crippen LogP contribution >= 0.6 is 31.9 Å². The molecule has 1 rings (SSSR count). The second kappa shape index (κ2) is 6.44. The number of nitrogens with one attached hydrogen (secondary N) is 1. The Hall–Kier alpha value is -0.300. The molecule has 0 saturated carbocycles. The molecule has 0 radical (unpaired) electrons. The summed E-state index contributed by atoms with van der Waals surface area (Å²) in [6, 6.07) is 6.82. The fourth-order valence-corrected chi connectivity index (χ4v) is 3.00. The Balaban J connectivity index is 2.73. The van der Waals surface area contributed by atoms with Gasteiger partial charge in [-0.2, -0.15) is 0 Å². The second-order valence-corrected chi connectivity index (χ2v) is 5.63. The van der Waals surface area contributed by atoms with Gasteiger partial charge in [0.05, 0.1) is 0 Å².